The number of alkyl halides is 2. The van der Waals surface area contributed by atoms with Crippen molar-refractivity contribution in [2.75, 3.05) is 0 Å². The molecule has 0 N–H and O–H groups in total. The minimum Gasteiger partial charge on any atom is -0.229 e. The maximum Gasteiger partial charge on any atom is 0.190 e. The van der Waals surface area contributed by atoms with E-state index in [2.05, 4.69) is 15.9 Å². The SMILES string of the molecule is CCCC=C(Cl)C(F)Br. The zero-order valence-corrected chi connectivity index (χ0v) is 7.54. The number of rotatable bonds is 3. The van der Waals surface area contributed by atoms with Crippen LogP contribution in [0.5, 0.6) is 0 Å². The quantitative estimate of drug-likeness (QED) is 0.631. The van der Waals surface area contributed by atoms with E-state index in [0.29, 0.717) is 0 Å². The van der Waals surface area contributed by atoms with Gasteiger partial charge >= 0.3 is 0 Å². The van der Waals surface area contributed by atoms with Gasteiger partial charge in [-0.05, 0) is 22.4 Å². The highest BCUT2D eigenvalue weighted by Gasteiger charge is 2.02. The Hall–Kier alpha value is 0.440. The number of hydrogen-bond donors (Lipinski definition) is 0. The Labute approximate surface area is 68.2 Å². The normalized spacial score (nSPS) is 15.8. The first-order valence-corrected chi connectivity index (χ1v) is 4.11. The van der Waals surface area contributed by atoms with Crippen LogP contribution >= 0.6 is 27.5 Å². The Morgan fingerprint density at radius 2 is 2.44 bits per heavy atom. The van der Waals surface area contributed by atoms with Crippen molar-refractivity contribution in [2.45, 2.75) is 24.8 Å². The van der Waals surface area contributed by atoms with E-state index in [1.165, 1.54) is 0 Å². The van der Waals surface area contributed by atoms with Crippen LogP contribution in [-0.2, 0) is 0 Å². The molecular formula is C6H9BrClF. The maximum atomic E-state index is 12.1. The Morgan fingerprint density at radius 3 is 2.78 bits per heavy atom. The molecule has 0 spiro atoms. The van der Waals surface area contributed by atoms with Crippen molar-refractivity contribution < 1.29 is 4.39 Å². The van der Waals surface area contributed by atoms with Gasteiger partial charge in [-0.1, -0.05) is 31.0 Å². The molecule has 0 amide bonds. The third kappa shape index (κ3) is 4.91. The van der Waals surface area contributed by atoms with Crippen LogP contribution in [0, 0.1) is 0 Å². The molecule has 0 saturated heterocycles. The zero-order chi connectivity index (χ0) is 7.28. The lowest BCUT2D eigenvalue weighted by atomic mass is 10.3. The molecule has 0 rings (SSSR count). The van der Waals surface area contributed by atoms with Crippen LogP contribution in [0.15, 0.2) is 11.1 Å². The van der Waals surface area contributed by atoms with Crippen LogP contribution in [-0.4, -0.2) is 5.08 Å². The molecule has 3 heteroatoms. The van der Waals surface area contributed by atoms with Crippen molar-refractivity contribution in [3.8, 4) is 0 Å². The Balaban J connectivity index is 3.55. The van der Waals surface area contributed by atoms with E-state index in [9.17, 15) is 4.39 Å². The predicted molar refractivity (Wildman–Crippen MR) is 42.7 cm³/mol. The minimum atomic E-state index is -1.19. The number of halogens is 3. The molecule has 0 fully saturated rings. The van der Waals surface area contributed by atoms with E-state index < -0.39 is 5.08 Å². The number of hydrogen-bond acceptors (Lipinski definition) is 0. The lowest BCUT2D eigenvalue weighted by molar-refractivity contribution is 0.521. The summed E-state index contributed by atoms with van der Waals surface area (Å²) in [5.41, 5.74) is 0. The van der Waals surface area contributed by atoms with E-state index in [1.807, 2.05) is 6.92 Å². The Morgan fingerprint density at radius 1 is 1.89 bits per heavy atom. The van der Waals surface area contributed by atoms with Gasteiger partial charge in [-0.3, -0.25) is 0 Å². The fourth-order valence-electron chi connectivity index (χ4n) is 0.371. The van der Waals surface area contributed by atoms with Gasteiger partial charge in [-0.25, -0.2) is 4.39 Å². The van der Waals surface area contributed by atoms with Gasteiger partial charge in [-0.15, -0.1) is 0 Å². The largest absolute Gasteiger partial charge is 0.229 e. The molecule has 54 valence electrons. The van der Waals surface area contributed by atoms with Gasteiger partial charge in [0.2, 0.25) is 0 Å². The van der Waals surface area contributed by atoms with Gasteiger partial charge in [0.1, 0.15) is 0 Å². The molecule has 1 unspecified atom stereocenters. The van der Waals surface area contributed by atoms with Crippen molar-refractivity contribution in [1.29, 1.82) is 0 Å². The van der Waals surface area contributed by atoms with E-state index in [0.717, 1.165) is 12.8 Å². The monoisotopic (exact) mass is 214 g/mol. The van der Waals surface area contributed by atoms with E-state index in [1.54, 1.807) is 6.08 Å². The average molecular weight is 215 g/mol. The molecule has 0 heterocycles. The summed E-state index contributed by atoms with van der Waals surface area (Å²) in [6, 6.07) is 0. The molecular weight excluding hydrogens is 206 g/mol. The smallest absolute Gasteiger partial charge is 0.190 e. The lowest BCUT2D eigenvalue weighted by Crippen LogP contribution is -1.85. The zero-order valence-electron chi connectivity index (χ0n) is 5.20. The molecule has 0 aliphatic carbocycles. The Bertz CT molecular complexity index is 101. The molecule has 1 atom stereocenters. The molecule has 0 aliphatic rings. The standard InChI is InChI=1S/C6H9BrClF/c1-2-3-4-5(8)6(7)9/h4,6H,2-3H2,1H3. The summed E-state index contributed by atoms with van der Waals surface area (Å²) in [6.07, 6.45) is 3.52. The van der Waals surface area contributed by atoms with Gasteiger partial charge in [0.15, 0.2) is 5.08 Å². The summed E-state index contributed by atoms with van der Waals surface area (Å²) in [5, 5.41) is -0.942. The third-order valence-electron chi connectivity index (χ3n) is 0.836. The van der Waals surface area contributed by atoms with Gasteiger partial charge in [-0.2, -0.15) is 0 Å². The van der Waals surface area contributed by atoms with Gasteiger partial charge in [0, 0.05) is 0 Å². The summed E-state index contributed by atoms with van der Waals surface area (Å²) >= 11 is 8.14. The highest BCUT2D eigenvalue weighted by Crippen LogP contribution is 2.18. The summed E-state index contributed by atoms with van der Waals surface area (Å²) in [6.45, 7) is 2.02. The lowest BCUT2D eigenvalue weighted by Gasteiger charge is -1.94. The van der Waals surface area contributed by atoms with Crippen molar-refractivity contribution in [3.05, 3.63) is 11.1 Å². The average Bonchev–Trinajstić information content (AvgIpc) is 1.82. The fraction of sp³-hybridized carbons (Fsp3) is 0.667. The Kier molecular flexibility index (Phi) is 5.50. The van der Waals surface area contributed by atoms with Crippen molar-refractivity contribution >= 4 is 27.5 Å². The maximum absolute atomic E-state index is 12.1. The van der Waals surface area contributed by atoms with E-state index in [-0.39, 0.29) is 5.03 Å². The summed E-state index contributed by atoms with van der Waals surface area (Å²) in [5.74, 6) is 0. The first-order chi connectivity index (χ1) is 4.18. The fourth-order valence-corrected chi connectivity index (χ4v) is 0.667. The van der Waals surface area contributed by atoms with Crippen LogP contribution in [0.25, 0.3) is 0 Å². The van der Waals surface area contributed by atoms with Gasteiger partial charge < -0.3 is 0 Å². The van der Waals surface area contributed by atoms with Crippen LogP contribution < -0.4 is 0 Å². The van der Waals surface area contributed by atoms with Crippen molar-refractivity contribution in [3.63, 3.8) is 0 Å². The second-order valence-corrected chi connectivity index (χ2v) is 2.92. The molecule has 0 nitrogen and oxygen atoms in total. The van der Waals surface area contributed by atoms with Crippen LogP contribution in [0.4, 0.5) is 4.39 Å². The molecule has 0 radical (unpaired) electrons. The highest BCUT2D eigenvalue weighted by molar-refractivity contribution is 9.09. The molecule has 0 saturated carbocycles. The number of allylic oxidation sites excluding steroid dienone is 2. The van der Waals surface area contributed by atoms with Crippen LogP contribution in [0.2, 0.25) is 0 Å². The predicted octanol–water partition coefficient (Wildman–Crippen LogP) is 3.60. The summed E-state index contributed by atoms with van der Waals surface area (Å²) < 4.78 is 12.1. The second-order valence-electron chi connectivity index (χ2n) is 1.68. The molecule has 0 aliphatic heterocycles. The molecule has 9 heavy (non-hydrogen) atoms. The molecule has 0 aromatic rings. The van der Waals surface area contributed by atoms with Crippen molar-refractivity contribution in [2.24, 2.45) is 0 Å². The van der Waals surface area contributed by atoms with Crippen LogP contribution in [0.1, 0.15) is 19.8 Å². The minimum absolute atomic E-state index is 0.247. The van der Waals surface area contributed by atoms with Crippen molar-refractivity contribution in [1.82, 2.24) is 0 Å². The molecule has 0 aromatic carbocycles. The summed E-state index contributed by atoms with van der Waals surface area (Å²) in [7, 11) is 0. The topological polar surface area (TPSA) is 0 Å². The first-order valence-electron chi connectivity index (χ1n) is 2.82. The van der Waals surface area contributed by atoms with Crippen LogP contribution in [0.3, 0.4) is 0 Å². The van der Waals surface area contributed by atoms with Gasteiger partial charge in [0.05, 0.1) is 5.03 Å². The summed E-state index contributed by atoms with van der Waals surface area (Å²) in [4.78, 5) is 0. The third-order valence-corrected chi connectivity index (χ3v) is 1.94. The second kappa shape index (κ2) is 5.24. The van der Waals surface area contributed by atoms with E-state index in [4.69, 9.17) is 11.6 Å². The first kappa shape index (κ1) is 9.44. The highest BCUT2D eigenvalue weighted by atomic mass is 79.9. The molecule has 0 bridgehead atoms. The van der Waals surface area contributed by atoms with E-state index >= 15 is 0 Å². The van der Waals surface area contributed by atoms with Gasteiger partial charge in [0.25, 0.3) is 0 Å². The number of unbranched alkanes of at least 4 members (excludes halogenated alkanes) is 1. The molecule has 0 aromatic heterocycles.